The van der Waals surface area contributed by atoms with E-state index in [9.17, 15) is 4.79 Å². The average Bonchev–Trinajstić information content (AvgIpc) is 2.62. The molecule has 0 unspecified atom stereocenters. The Hall–Kier alpha value is -0.570. The van der Waals surface area contributed by atoms with Crippen molar-refractivity contribution in [2.24, 2.45) is 11.3 Å². The fourth-order valence-corrected chi connectivity index (χ4v) is 3.29. The Bertz CT molecular complexity index is 264. The van der Waals surface area contributed by atoms with E-state index in [1.807, 2.05) is 0 Å². The second-order valence-electron chi connectivity index (χ2n) is 6.47. The van der Waals surface area contributed by atoms with E-state index in [1.165, 1.54) is 38.5 Å². The largest absolute Gasteiger partial charge is 0.355 e. The molecule has 0 aromatic carbocycles. The quantitative estimate of drug-likeness (QED) is 0.758. The minimum Gasteiger partial charge on any atom is -0.355 e. The van der Waals surface area contributed by atoms with E-state index >= 15 is 0 Å². The molecule has 1 aliphatic heterocycles. The van der Waals surface area contributed by atoms with Gasteiger partial charge in [-0.1, -0.05) is 32.6 Å². The van der Waals surface area contributed by atoms with Crippen molar-refractivity contribution >= 4 is 5.91 Å². The molecule has 2 fully saturated rings. The molecule has 0 aromatic rings. The van der Waals surface area contributed by atoms with Crippen LogP contribution in [0.15, 0.2) is 0 Å². The molecule has 2 aliphatic rings. The molecule has 2 N–H and O–H groups in total. The molecule has 1 aliphatic carbocycles. The number of nitrogens with one attached hydrogen (secondary N) is 2. The smallest absolute Gasteiger partial charge is 0.223 e. The third-order valence-corrected chi connectivity index (χ3v) is 4.71. The van der Waals surface area contributed by atoms with Crippen LogP contribution in [-0.2, 0) is 4.79 Å². The van der Waals surface area contributed by atoms with Crippen LogP contribution in [0.25, 0.3) is 0 Å². The molecule has 1 heterocycles. The molecule has 1 saturated heterocycles. The fourth-order valence-electron chi connectivity index (χ4n) is 3.29. The number of amides is 1. The number of hydrogen-bond donors (Lipinski definition) is 2. The first-order chi connectivity index (χ1) is 8.70. The first kappa shape index (κ1) is 13.9. The molecule has 0 radical (unpaired) electrons. The number of piperidine rings is 1. The predicted molar refractivity (Wildman–Crippen MR) is 74.4 cm³/mol. The van der Waals surface area contributed by atoms with Gasteiger partial charge in [-0.2, -0.15) is 0 Å². The summed E-state index contributed by atoms with van der Waals surface area (Å²) in [6.07, 6.45) is 9.97. The summed E-state index contributed by atoms with van der Waals surface area (Å²) in [7, 11) is 0. The molecule has 0 spiro atoms. The molecule has 1 amide bonds. The van der Waals surface area contributed by atoms with Gasteiger partial charge in [-0.05, 0) is 44.2 Å². The van der Waals surface area contributed by atoms with Crippen molar-refractivity contribution < 1.29 is 4.79 Å². The van der Waals surface area contributed by atoms with Gasteiger partial charge in [0.1, 0.15) is 0 Å². The van der Waals surface area contributed by atoms with Crippen LogP contribution in [0.3, 0.4) is 0 Å². The third kappa shape index (κ3) is 3.98. The third-order valence-electron chi connectivity index (χ3n) is 4.71. The van der Waals surface area contributed by atoms with Gasteiger partial charge >= 0.3 is 0 Å². The maximum Gasteiger partial charge on any atom is 0.223 e. The van der Waals surface area contributed by atoms with Crippen LogP contribution in [0.1, 0.15) is 58.3 Å². The van der Waals surface area contributed by atoms with Gasteiger partial charge in [0.2, 0.25) is 5.91 Å². The second kappa shape index (κ2) is 6.55. The normalized spacial score (nSPS) is 25.4. The maximum absolute atomic E-state index is 12.1. The summed E-state index contributed by atoms with van der Waals surface area (Å²) < 4.78 is 0. The van der Waals surface area contributed by atoms with E-state index in [2.05, 4.69) is 17.6 Å². The van der Waals surface area contributed by atoms with Crippen LogP contribution in [0, 0.1) is 11.3 Å². The molecule has 1 saturated carbocycles. The molecule has 0 atom stereocenters. The maximum atomic E-state index is 12.1. The Morgan fingerprint density at radius 1 is 1.17 bits per heavy atom. The first-order valence-electron chi connectivity index (χ1n) is 7.68. The summed E-state index contributed by atoms with van der Waals surface area (Å²) in [5.41, 5.74) is 0.346. The average molecular weight is 252 g/mol. The second-order valence-corrected chi connectivity index (χ2v) is 6.47. The van der Waals surface area contributed by atoms with Crippen LogP contribution < -0.4 is 10.6 Å². The summed E-state index contributed by atoms with van der Waals surface area (Å²) >= 11 is 0. The summed E-state index contributed by atoms with van der Waals surface area (Å²) in [5, 5.41) is 6.53. The van der Waals surface area contributed by atoms with Gasteiger partial charge in [0.05, 0.1) is 0 Å². The molecule has 2 rings (SSSR count). The van der Waals surface area contributed by atoms with E-state index < -0.39 is 0 Å². The minimum atomic E-state index is 0.251. The van der Waals surface area contributed by atoms with Crippen molar-refractivity contribution in [2.75, 3.05) is 19.6 Å². The van der Waals surface area contributed by atoms with E-state index in [0.29, 0.717) is 11.3 Å². The Labute approximate surface area is 111 Å². The van der Waals surface area contributed by atoms with Crippen molar-refractivity contribution in [3.63, 3.8) is 0 Å². The number of carbonyl (C=O) groups is 1. The minimum absolute atomic E-state index is 0.251. The highest BCUT2D eigenvalue weighted by Gasteiger charge is 2.28. The lowest BCUT2D eigenvalue weighted by Crippen LogP contribution is -2.42. The zero-order chi connectivity index (χ0) is 12.8. The Morgan fingerprint density at radius 3 is 2.39 bits per heavy atom. The van der Waals surface area contributed by atoms with Gasteiger partial charge in [-0.15, -0.1) is 0 Å². The Balaban J connectivity index is 1.76. The Morgan fingerprint density at radius 2 is 1.78 bits per heavy atom. The van der Waals surface area contributed by atoms with Crippen molar-refractivity contribution in [3.05, 3.63) is 0 Å². The van der Waals surface area contributed by atoms with Gasteiger partial charge in [-0.25, -0.2) is 0 Å². The molecular weight excluding hydrogens is 224 g/mol. The van der Waals surface area contributed by atoms with Crippen LogP contribution in [0.4, 0.5) is 0 Å². The highest BCUT2D eigenvalue weighted by atomic mass is 16.1. The van der Waals surface area contributed by atoms with Crippen molar-refractivity contribution in [3.8, 4) is 0 Å². The van der Waals surface area contributed by atoms with Gasteiger partial charge in [0, 0.05) is 12.5 Å². The molecule has 18 heavy (non-hydrogen) atoms. The van der Waals surface area contributed by atoms with E-state index in [4.69, 9.17) is 0 Å². The first-order valence-corrected chi connectivity index (χ1v) is 7.68. The highest BCUT2D eigenvalue weighted by molar-refractivity contribution is 5.78. The Kier molecular flexibility index (Phi) is 5.04. The van der Waals surface area contributed by atoms with E-state index in [1.54, 1.807) is 0 Å². The van der Waals surface area contributed by atoms with Gasteiger partial charge < -0.3 is 10.6 Å². The van der Waals surface area contributed by atoms with Crippen LogP contribution in [0.2, 0.25) is 0 Å². The van der Waals surface area contributed by atoms with Crippen LogP contribution in [0.5, 0.6) is 0 Å². The summed E-state index contributed by atoms with van der Waals surface area (Å²) in [6, 6.07) is 0. The lowest BCUT2D eigenvalue weighted by atomic mass is 9.82. The zero-order valence-electron chi connectivity index (χ0n) is 11.8. The lowest BCUT2D eigenvalue weighted by molar-refractivity contribution is -0.126. The molecule has 3 nitrogen and oxygen atoms in total. The molecule has 0 bridgehead atoms. The van der Waals surface area contributed by atoms with E-state index in [0.717, 1.165) is 32.5 Å². The monoisotopic (exact) mass is 252 g/mol. The lowest BCUT2D eigenvalue weighted by Gasteiger charge is -2.30. The SMILES string of the molecule is CC1(CNC(=O)C2CCNCC2)CCCCCC1. The standard InChI is InChI=1S/C15H28N2O/c1-15(8-4-2-3-5-9-15)12-17-14(18)13-6-10-16-11-7-13/h13,16H,2-12H2,1H3,(H,17,18). The molecular formula is C15H28N2O. The zero-order valence-corrected chi connectivity index (χ0v) is 11.8. The summed E-state index contributed by atoms with van der Waals surface area (Å²) in [5.74, 6) is 0.544. The highest BCUT2D eigenvalue weighted by Crippen LogP contribution is 2.33. The number of carbonyl (C=O) groups excluding carboxylic acids is 1. The van der Waals surface area contributed by atoms with Crippen molar-refractivity contribution in [1.29, 1.82) is 0 Å². The summed E-state index contributed by atoms with van der Waals surface area (Å²) in [6.45, 7) is 5.22. The molecule has 0 aromatic heterocycles. The van der Waals surface area contributed by atoms with Gasteiger partial charge in [0.25, 0.3) is 0 Å². The molecule has 104 valence electrons. The topological polar surface area (TPSA) is 41.1 Å². The molecule has 3 heteroatoms. The summed E-state index contributed by atoms with van der Waals surface area (Å²) in [4.78, 5) is 12.1. The van der Waals surface area contributed by atoms with Gasteiger partial charge in [-0.3, -0.25) is 4.79 Å². The van der Waals surface area contributed by atoms with E-state index in [-0.39, 0.29) is 5.92 Å². The van der Waals surface area contributed by atoms with Crippen LogP contribution in [-0.4, -0.2) is 25.5 Å². The number of hydrogen-bond acceptors (Lipinski definition) is 2. The van der Waals surface area contributed by atoms with Crippen molar-refractivity contribution in [1.82, 2.24) is 10.6 Å². The van der Waals surface area contributed by atoms with Crippen molar-refractivity contribution in [2.45, 2.75) is 58.3 Å². The van der Waals surface area contributed by atoms with Gasteiger partial charge in [0.15, 0.2) is 0 Å². The van der Waals surface area contributed by atoms with Crippen LogP contribution >= 0.6 is 0 Å². The number of rotatable bonds is 3. The predicted octanol–water partition coefficient (Wildman–Crippen LogP) is 2.46. The fraction of sp³-hybridized carbons (Fsp3) is 0.933.